The van der Waals surface area contributed by atoms with Gasteiger partial charge < -0.3 is 20.4 Å². The summed E-state index contributed by atoms with van der Waals surface area (Å²) in [6, 6.07) is 24.8. The van der Waals surface area contributed by atoms with Crippen LogP contribution in [-0.4, -0.2) is 36.5 Å². The number of amides is 2. The van der Waals surface area contributed by atoms with E-state index in [4.69, 9.17) is 4.74 Å². The second-order valence-electron chi connectivity index (χ2n) is 8.36. The van der Waals surface area contributed by atoms with E-state index >= 15 is 0 Å². The summed E-state index contributed by atoms with van der Waals surface area (Å²) in [4.78, 5) is 28.4. The molecule has 0 saturated carbocycles. The second-order valence-corrected chi connectivity index (χ2v) is 8.36. The highest BCUT2D eigenvalue weighted by molar-refractivity contribution is 5.94. The molecule has 174 valence electrons. The lowest BCUT2D eigenvalue weighted by Crippen LogP contribution is -2.38. The Balaban J connectivity index is 1.45. The third-order valence-electron chi connectivity index (χ3n) is 5.92. The lowest BCUT2D eigenvalue weighted by atomic mass is 9.90. The molecular weight excluding hydrogens is 426 g/mol. The van der Waals surface area contributed by atoms with Crippen molar-refractivity contribution in [3.8, 4) is 5.75 Å². The van der Waals surface area contributed by atoms with Crippen LogP contribution in [0.15, 0.2) is 85.1 Å². The Morgan fingerprint density at radius 1 is 0.941 bits per heavy atom. The van der Waals surface area contributed by atoms with Crippen molar-refractivity contribution in [1.82, 2.24) is 15.6 Å². The summed E-state index contributed by atoms with van der Waals surface area (Å²) in [6.07, 6.45) is 2.20. The van der Waals surface area contributed by atoms with Gasteiger partial charge in [0.2, 0.25) is 5.91 Å². The van der Waals surface area contributed by atoms with Crippen LogP contribution in [0.5, 0.6) is 5.75 Å². The smallest absolute Gasteiger partial charge is 0.251 e. The number of carbonyl (C=O) groups is 2. The number of H-pyrrole nitrogens is 1. The fraction of sp³-hybridized carbons (Fsp3) is 0.214. The van der Waals surface area contributed by atoms with E-state index in [0.717, 1.165) is 27.8 Å². The molecule has 0 spiro atoms. The Morgan fingerprint density at radius 3 is 2.38 bits per heavy atom. The number of methoxy groups -OCH3 is 1. The number of carbonyl (C=O) groups excluding carboxylic acids is 2. The minimum Gasteiger partial charge on any atom is -0.497 e. The van der Waals surface area contributed by atoms with Gasteiger partial charge in [-0.3, -0.25) is 9.59 Å². The van der Waals surface area contributed by atoms with Crippen LogP contribution in [0.1, 0.15) is 40.7 Å². The summed E-state index contributed by atoms with van der Waals surface area (Å²) in [7, 11) is 1.64. The number of aromatic nitrogens is 1. The Hall–Kier alpha value is -4.06. The number of para-hydroxylation sites is 1. The Morgan fingerprint density at radius 2 is 1.65 bits per heavy atom. The highest BCUT2D eigenvalue weighted by Gasteiger charge is 2.20. The van der Waals surface area contributed by atoms with Gasteiger partial charge in [-0.1, -0.05) is 48.5 Å². The normalized spacial score (nSPS) is 12.6. The average molecular weight is 456 g/mol. The molecule has 1 heterocycles. The van der Waals surface area contributed by atoms with Gasteiger partial charge in [0.05, 0.1) is 7.11 Å². The summed E-state index contributed by atoms with van der Waals surface area (Å²) in [6.45, 7) is 2.27. The maximum atomic E-state index is 12.8. The van der Waals surface area contributed by atoms with Crippen LogP contribution in [0, 0.1) is 0 Å². The first-order valence-electron chi connectivity index (χ1n) is 11.4. The molecule has 0 aliphatic rings. The predicted octanol–water partition coefficient (Wildman–Crippen LogP) is 4.63. The van der Waals surface area contributed by atoms with Crippen molar-refractivity contribution in [3.05, 3.63) is 102 Å². The minimum atomic E-state index is -0.291. The van der Waals surface area contributed by atoms with Crippen LogP contribution in [0.25, 0.3) is 10.9 Å². The van der Waals surface area contributed by atoms with Gasteiger partial charge in [-0.2, -0.15) is 0 Å². The number of hydrogen-bond acceptors (Lipinski definition) is 3. The van der Waals surface area contributed by atoms with Crippen LogP contribution < -0.4 is 15.4 Å². The van der Waals surface area contributed by atoms with Gasteiger partial charge in [0, 0.05) is 47.6 Å². The molecule has 34 heavy (non-hydrogen) atoms. The van der Waals surface area contributed by atoms with E-state index in [9.17, 15) is 9.59 Å². The standard InChI is InChI=1S/C28H29N3O3/c1-19(31-28(33)21-8-4-3-5-9-21)16-27(32)30-17-24(20-12-14-22(34-2)15-13-20)25-18-29-26-11-7-6-10-23(25)26/h3-15,18-19,24,29H,16-17H2,1-2H3,(H,30,32)(H,31,33)/t19-,24+/m1/s1. The first-order chi connectivity index (χ1) is 16.5. The number of ether oxygens (including phenoxy) is 1. The molecule has 0 radical (unpaired) electrons. The first-order valence-corrected chi connectivity index (χ1v) is 11.4. The molecule has 4 rings (SSSR count). The minimum absolute atomic E-state index is 0.0415. The van der Waals surface area contributed by atoms with Crippen LogP contribution in [0.3, 0.4) is 0 Å². The maximum absolute atomic E-state index is 12.8. The lowest BCUT2D eigenvalue weighted by molar-refractivity contribution is -0.121. The monoisotopic (exact) mass is 455 g/mol. The van der Waals surface area contributed by atoms with Crippen LogP contribution >= 0.6 is 0 Å². The van der Waals surface area contributed by atoms with Crippen molar-refractivity contribution in [3.63, 3.8) is 0 Å². The van der Waals surface area contributed by atoms with Crippen molar-refractivity contribution in [1.29, 1.82) is 0 Å². The Labute approximate surface area is 199 Å². The van der Waals surface area contributed by atoms with Crippen LogP contribution in [-0.2, 0) is 4.79 Å². The fourth-order valence-corrected chi connectivity index (χ4v) is 4.14. The first kappa shape index (κ1) is 23.1. The number of fused-ring (bicyclic) bond motifs is 1. The number of benzene rings is 3. The van der Waals surface area contributed by atoms with E-state index in [1.165, 1.54) is 0 Å². The molecule has 0 aliphatic heterocycles. The van der Waals surface area contributed by atoms with Gasteiger partial charge in [-0.25, -0.2) is 0 Å². The average Bonchev–Trinajstić information content (AvgIpc) is 3.29. The molecule has 3 N–H and O–H groups in total. The van der Waals surface area contributed by atoms with Crippen molar-refractivity contribution < 1.29 is 14.3 Å². The highest BCUT2D eigenvalue weighted by Crippen LogP contribution is 2.31. The quantitative estimate of drug-likeness (QED) is 0.344. The summed E-state index contributed by atoms with van der Waals surface area (Å²) >= 11 is 0. The van der Waals surface area contributed by atoms with Crippen LogP contribution in [0.4, 0.5) is 0 Å². The molecule has 0 unspecified atom stereocenters. The molecule has 1 aromatic heterocycles. The van der Waals surface area contributed by atoms with E-state index < -0.39 is 0 Å². The summed E-state index contributed by atoms with van der Waals surface area (Å²) in [5.41, 5.74) is 3.83. The topological polar surface area (TPSA) is 83.2 Å². The SMILES string of the molecule is COc1ccc([C@H](CNC(=O)C[C@@H](C)NC(=O)c2ccccc2)c2c[nH]c3ccccc23)cc1. The molecule has 2 atom stereocenters. The zero-order chi connectivity index (χ0) is 23.9. The van der Waals surface area contributed by atoms with Gasteiger partial charge in [0.15, 0.2) is 0 Å². The van der Waals surface area contributed by atoms with Crippen molar-refractivity contribution in [2.24, 2.45) is 0 Å². The third-order valence-corrected chi connectivity index (χ3v) is 5.92. The van der Waals surface area contributed by atoms with E-state index in [1.807, 2.05) is 73.8 Å². The number of hydrogen-bond donors (Lipinski definition) is 3. The molecule has 0 bridgehead atoms. The molecule has 0 fully saturated rings. The van der Waals surface area contributed by atoms with Crippen molar-refractivity contribution in [2.45, 2.75) is 25.3 Å². The van der Waals surface area contributed by atoms with Gasteiger partial charge in [0.1, 0.15) is 5.75 Å². The molecule has 3 aromatic carbocycles. The van der Waals surface area contributed by atoms with Crippen molar-refractivity contribution >= 4 is 22.7 Å². The molecule has 4 aromatic rings. The second kappa shape index (κ2) is 10.7. The zero-order valence-corrected chi connectivity index (χ0v) is 19.4. The summed E-state index contributed by atoms with van der Waals surface area (Å²) < 4.78 is 5.31. The number of rotatable bonds is 9. The Bertz CT molecular complexity index is 1250. The number of nitrogens with one attached hydrogen (secondary N) is 3. The van der Waals surface area contributed by atoms with Gasteiger partial charge >= 0.3 is 0 Å². The van der Waals surface area contributed by atoms with Crippen molar-refractivity contribution in [2.75, 3.05) is 13.7 Å². The molecule has 0 aliphatic carbocycles. The molecule has 6 heteroatoms. The summed E-state index contributed by atoms with van der Waals surface area (Å²) in [5, 5.41) is 7.09. The zero-order valence-electron chi connectivity index (χ0n) is 19.4. The highest BCUT2D eigenvalue weighted by atomic mass is 16.5. The fourth-order valence-electron chi connectivity index (χ4n) is 4.14. The van der Waals surface area contributed by atoms with Gasteiger partial charge in [0.25, 0.3) is 5.91 Å². The lowest BCUT2D eigenvalue weighted by Gasteiger charge is -2.20. The number of aromatic amines is 1. The van der Waals surface area contributed by atoms with Crippen LogP contribution in [0.2, 0.25) is 0 Å². The third kappa shape index (κ3) is 5.46. The Kier molecular flexibility index (Phi) is 7.28. The van der Waals surface area contributed by atoms with E-state index in [0.29, 0.717) is 12.1 Å². The van der Waals surface area contributed by atoms with Gasteiger partial charge in [-0.05, 0) is 48.4 Å². The van der Waals surface area contributed by atoms with E-state index in [2.05, 4.69) is 21.7 Å². The van der Waals surface area contributed by atoms with E-state index in [1.54, 1.807) is 19.2 Å². The van der Waals surface area contributed by atoms with E-state index in [-0.39, 0.29) is 30.2 Å². The largest absolute Gasteiger partial charge is 0.497 e. The van der Waals surface area contributed by atoms with Gasteiger partial charge in [-0.15, -0.1) is 0 Å². The predicted molar refractivity (Wildman–Crippen MR) is 134 cm³/mol. The maximum Gasteiger partial charge on any atom is 0.251 e. The summed E-state index contributed by atoms with van der Waals surface area (Å²) in [5.74, 6) is 0.448. The molecule has 2 amide bonds. The molecule has 0 saturated heterocycles. The molecule has 6 nitrogen and oxygen atoms in total. The molecular formula is C28H29N3O3.